The Bertz CT molecular complexity index is 1500. The summed E-state index contributed by atoms with van der Waals surface area (Å²) in [5.41, 5.74) is 4.88. The van der Waals surface area contributed by atoms with Gasteiger partial charge in [-0.15, -0.1) is 0 Å². The Balaban J connectivity index is 1.14. The molecule has 216 valence electrons. The molecule has 1 aliphatic heterocycles. The molecule has 0 radical (unpaired) electrons. The van der Waals surface area contributed by atoms with Gasteiger partial charge in [0.1, 0.15) is 12.4 Å². The zero-order valence-electron chi connectivity index (χ0n) is 24.7. The van der Waals surface area contributed by atoms with Crippen LogP contribution in [0, 0.1) is 0 Å². The maximum atomic E-state index is 13.0. The van der Waals surface area contributed by atoms with Crippen LogP contribution in [0.3, 0.4) is 0 Å². The molecule has 1 saturated heterocycles. The summed E-state index contributed by atoms with van der Waals surface area (Å²) in [6.07, 6.45) is 2.64. The standard InChI is InChI=1S/C34H42N4O3/c1-24(2)37(25(3)4)33(39)27-15-13-26(14-16-27)23-28-9-5-8-12-32(28)41-22-21-36-19-17-29(18-20-36)38-31-11-7-6-10-30(31)35-34(38)40/h5-16,24-25,29H,17-23H2,1-4H3,(H,35,40). The number of fused-ring (bicyclic) bond motifs is 1. The second-order valence-electron chi connectivity index (χ2n) is 11.6. The molecule has 41 heavy (non-hydrogen) atoms. The number of aromatic nitrogens is 2. The molecule has 2 heterocycles. The van der Waals surface area contributed by atoms with Crippen LogP contribution in [-0.2, 0) is 6.42 Å². The minimum Gasteiger partial charge on any atom is -0.492 e. The maximum Gasteiger partial charge on any atom is 0.326 e. The fourth-order valence-corrected chi connectivity index (χ4v) is 6.11. The van der Waals surface area contributed by atoms with Crippen LogP contribution in [0.1, 0.15) is 68.1 Å². The molecule has 0 bridgehead atoms. The van der Waals surface area contributed by atoms with Gasteiger partial charge in [0, 0.05) is 49.7 Å². The van der Waals surface area contributed by atoms with Gasteiger partial charge < -0.3 is 14.6 Å². The number of benzene rings is 3. The third-order valence-corrected chi connectivity index (χ3v) is 8.13. The Morgan fingerprint density at radius 1 is 0.927 bits per heavy atom. The van der Waals surface area contributed by atoms with E-state index in [9.17, 15) is 9.59 Å². The highest BCUT2D eigenvalue weighted by molar-refractivity contribution is 5.94. The van der Waals surface area contributed by atoms with Gasteiger partial charge in [0.2, 0.25) is 0 Å². The number of nitrogens with zero attached hydrogens (tertiary/aromatic N) is 3. The average molecular weight is 555 g/mol. The van der Waals surface area contributed by atoms with Gasteiger partial charge in [0.15, 0.2) is 0 Å². The van der Waals surface area contributed by atoms with Gasteiger partial charge in [-0.3, -0.25) is 14.3 Å². The summed E-state index contributed by atoms with van der Waals surface area (Å²) in [5.74, 6) is 0.974. The number of aromatic amines is 1. The molecule has 7 nitrogen and oxygen atoms in total. The molecule has 3 aromatic carbocycles. The minimum absolute atomic E-state index is 0.0149. The largest absolute Gasteiger partial charge is 0.492 e. The molecule has 5 rings (SSSR count). The average Bonchev–Trinajstić information content (AvgIpc) is 3.30. The lowest BCUT2D eigenvalue weighted by molar-refractivity contribution is 0.0643. The molecule has 0 saturated carbocycles. The Morgan fingerprint density at radius 3 is 2.29 bits per heavy atom. The number of nitrogens with one attached hydrogen (secondary N) is 1. The number of carbonyl (C=O) groups is 1. The van der Waals surface area contributed by atoms with E-state index in [1.54, 1.807) is 0 Å². The van der Waals surface area contributed by atoms with E-state index in [1.165, 1.54) is 0 Å². The summed E-state index contributed by atoms with van der Waals surface area (Å²) in [5, 5.41) is 0. The normalized spacial score (nSPS) is 14.7. The summed E-state index contributed by atoms with van der Waals surface area (Å²) in [6, 6.07) is 24.6. The van der Waals surface area contributed by atoms with Gasteiger partial charge in [0.05, 0.1) is 11.0 Å². The SMILES string of the molecule is CC(C)N(C(=O)c1ccc(Cc2ccccc2OCCN2CCC(n3c(=O)[nH]c4ccccc43)CC2)cc1)C(C)C. The summed E-state index contributed by atoms with van der Waals surface area (Å²) < 4.78 is 8.21. The van der Waals surface area contributed by atoms with Crippen molar-refractivity contribution >= 4 is 16.9 Å². The molecule has 1 fully saturated rings. The second kappa shape index (κ2) is 12.8. The fourth-order valence-electron chi connectivity index (χ4n) is 6.11. The quantitative estimate of drug-likeness (QED) is 0.265. The Hall–Kier alpha value is -3.84. The molecule has 0 aliphatic carbocycles. The predicted octanol–water partition coefficient (Wildman–Crippen LogP) is 5.90. The van der Waals surface area contributed by atoms with Gasteiger partial charge in [-0.1, -0.05) is 42.5 Å². The summed E-state index contributed by atoms with van der Waals surface area (Å²) in [4.78, 5) is 33.0. The van der Waals surface area contributed by atoms with Crippen LogP contribution in [0.25, 0.3) is 11.0 Å². The number of amides is 1. The molecule has 0 unspecified atom stereocenters. The molecule has 1 N–H and O–H groups in total. The lowest BCUT2D eigenvalue weighted by Gasteiger charge is -2.32. The number of H-pyrrole nitrogens is 1. The van der Waals surface area contributed by atoms with Crippen molar-refractivity contribution in [2.75, 3.05) is 26.2 Å². The number of carbonyl (C=O) groups excluding carboxylic acids is 1. The number of rotatable bonds is 10. The van der Waals surface area contributed by atoms with Crippen molar-refractivity contribution in [3.05, 3.63) is 100.0 Å². The number of piperidine rings is 1. The highest BCUT2D eigenvalue weighted by Crippen LogP contribution is 2.26. The van der Waals surface area contributed by atoms with Crippen molar-refractivity contribution in [3.8, 4) is 5.75 Å². The third kappa shape index (κ3) is 6.57. The maximum absolute atomic E-state index is 13.0. The minimum atomic E-state index is -0.0149. The second-order valence-corrected chi connectivity index (χ2v) is 11.6. The Kier molecular flexibility index (Phi) is 8.93. The van der Waals surface area contributed by atoms with Crippen LogP contribution in [0.15, 0.2) is 77.6 Å². The van der Waals surface area contributed by atoms with Gasteiger partial charge in [0.25, 0.3) is 5.91 Å². The van der Waals surface area contributed by atoms with Crippen LogP contribution in [0.5, 0.6) is 5.75 Å². The van der Waals surface area contributed by atoms with Crippen molar-refractivity contribution in [3.63, 3.8) is 0 Å². The third-order valence-electron chi connectivity index (χ3n) is 8.13. The lowest BCUT2D eigenvalue weighted by Crippen LogP contribution is -2.42. The topological polar surface area (TPSA) is 70.6 Å². The van der Waals surface area contributed by atoms with Crippen LogP contribution in [0.4, 0.5) is 0 Å². The molecule has 0 spiro atoms. The van der Waals surface area contributed by atoms with Crippen LogP contribution in [0.2, 0.25) is 0 Å². The van der Waals surface area contributed by atoms with Crippen LogP contribution >= 0.6 is 0 Å². The molecular weight excluding hydrogens is 512 g/mol. The van der Waals surface area contributed by atoms with Gasteiger partial charge in [-0.2, -0.15) is 0 Å². The summed E-state index contributed by atoms with van der Waals surface area (Å²) in [7, 11) is 0. The zero-order valence-corrected chi connectivity index (χ0v) is 24.7. The van der Waals surface area contributed by atoms with Crippen molar-refractivity contribution in [2.45, 2.75) is 65.1 Å². The summed E-state index contributed by atoms with van der Waals surface area (Å²) in [6.45, 7) is 11.6. The Labute approximate surface area is 242 Å². The molecule has 7 heteroatoms. The zero-order chi connectivity index (χ0) is 28.9. The van der Waals surface area contributed by atoms with Crippen molar-refractivity contribution in [1.82, 2.24) is 19.4 Å². The van der Waals surface area contributed by atoms with E-state index >= 15 is 0 Å². The van der Waals surface area contributed by atoms with E-state index in [0.717, 1.165) is 72.4 Å². The van der Waals surface area contributed by atoms with E-state index in [4.69, 9.17) is 4.74 Å². The smallest absolute Gasteiger partial charge is 0.326 e. The van der Waals surface area contributed by atoms with Crippen molar-refractivity contribution < 1.29 is 9.53 Å². The van der Waals surface area contributed by atoms with Crippen LogP contribution < -0.4 is 10.4 Å². The number of para-hydroxylation sites is 3. The molecule has 1 aromatic heterocycles. The van der Waals surface area contributed by atoms with E-state index in [-0.39, 0.29) is 29.7 Å². The predicted molar refractivity (Wildman–Crippen MR) is 165 cm³/mol. The van der Waals surface area contributed by atoms with Crippen LogP contribution in [-0.4, -0.2) is 63.6 Å². The number of hydrogen-bond donors (Lipinski definition) is 1. The molecule has 0 atom stereocenters. The fraction of sp³-hybridized carbons (Fsp3) is 0.412. The molecule has 4 aromatic rings. The number of ether oxygens (including phenoxy) is 1. The molecular formula is C34H42N4O3. The lowest BCUT2D eigenvalue weighted by atomic mass is 10.0. The van der Waals surface area contributed by atoms with Gasteiger partial charge >= 0.3 is 5.69 Å². The highest BCUT2D eigenvalue weighted by Gasteiger charge is 2.24. The van der Waals surface area contributed by atoms with E-state index in [2.05, 4.69) is 43.6 Å². The van der Waals surface area contributed by atoms with E-state index in [0.29, 0.717) is 6.61 Å². The monoisotopic (exact) mass is 554 g/mol. The van der Waals surface area contributed by atoms with Crippen molar-refractivity contribution in [2.24, 2.45) is 0 Å². The van der Waals surface area contributed by atoms with Gasteiger partial charge in [-0.05, 0) is 82.0 Å². The number of likely N-dealkylation sites (tertiary alicyclic amines) is 1. The molecule has 1 aliphatic rings. The van der Waals surface area contributed by atoms with E-state index in [1.807, 2.05) is 76.2 Å². The number of imidazole rings is 1. The molecule has 1 amide bonds. The first-order valence-electron chi connectivity index (χ1n) is 14.9. The van der Waals surface area contributed by atoms with Gasteiger partial charge in [-0.25, -0.2) is 4.79 Å². The first kappa shape index (κ1) is 28.7. The van der Waals surface area contributed by atoms with E-state index < -0.39 is 0 Å². The van der Waals surface area contributed by atoms with Crippen molar-refractivity contribution in [1.29, 1.82) is 0 Å². The summed E-state index contributed by atoms with van der Waals surface area (Å²) >= 11 is 0. The highest BCUT2D eigenvalue weighted by atomic mass is 16.5. The number of hydrogen-bond acceptors (Lipinski definition) is 4. The first-order valence-corrected chi connectivity index (χ1v) is 14.9. The Morgan fingerprint density at radius 2 is 1.59 bits per heavy atom. The first-order chi connectivity index (χ1) is 19.8.